The zero-order chi connectivity index (χ0) is 11.4. The van der Waals surface area contributed by atoms with E-state index in [1.54, 1.807) is 0 Å². The third-order valence-electron chi connectivity index (χ3n) is 1.81. The van der Waals surface area contributed by atoms with E-state index in [0.717, 1.165) is 0 Å². The molecule has 0 aromatic carbocycles. The van der Waals surface area contributed by atoms with Gasteiger partial charge in [-0.1, -0.05) is 0 Å². The molecule has 0 radical (unpaired) electrons. The number of hydrogen-bond donors (Lipinski definition) is 4. The maximum Gasteiger partial charge on any atom is 0.276 e. The number of aliphatic hydroxyl groups excluding tert-OH is 3. The van der Waals surface area contributed by atoms with Crippen molar-refractivity contribution >= 4 is 10.1 Å². The highest BCUT2D eigenvalue weighted by atomic mass is 32.2. The first-order valence-corrected chi connectivity index (χ1v) is 5.28. The van der Waals surface area contributed by atoms with Gasteiger partial charge in [0, 0.05) is 0 Å². The Morgan fingerprint density at radius 1 is 1.43 bits per heavy atom. The van der Waals surface area contributed by atoms with Crippen molar-refractivity contribution in [1.29, 1.82) is 0 Å². The molecule has 0 aliphatic heterocycles. The Morgan fingerprint density at radius 3 is 2.21 bits per heavy atom. The summed E-state index contributed by atoms with van der Waals surface area (Å²) in [5.41, 5.74) is 3.91. The first-order valence-electron chi connectivity index (χ1n) is 3.81. The van der Waals surface area contributed by atoms with Gasteiger partial charge >= 0.3 is 0 Å². The molecule has 0 aromatic rings. The molecule has 0 spiro atoms. The summed E-state index contributed by atoms with van der Waals surface area (Å²) >= 11 is 0. The van der Waals surface area contributed by atoms with Gasteiger partial charge in [-0.3, -0.25) is 0 Å². The van der Waals surface area contributed by atoms with Crippen molar-refractivity contribution in [3.63, 3.8) is 0 Å². The Bertz CT molecular complexity index is 261. The molecule has 0 saturated carbocycles. The minimum Gasteiger partial charge on any atom is -0.395 e. The molecule has 0 aromatic heterocycles. The van der Waals surface area contributed by atoms with Gasteiger partial charge in [-0.25, -0.2) is 4.18 Å². The van der Waals surface area contributed by atoms with Gasteiger partial charge in [-0.15, -0.1) is 0 Å². The van der Waals surface area contributed by atoms with Crippen molar-refractivity contribution in [3.05, 3.63) is 0 Å². The van der Waals surface area contributed by atoms with E-state index in [1.165, 1.54) is 6.92 Å². The van der Waals surface area contributed by atoms with Crippen LogP contribution in [0, 0.1) is 0 Å². The van der Waals surface area contributed by atoms with E-state index in [1.807, 2.05) is 0 Å². The lowest BCUT2D eigenvalue weighted by atomic mass is 10.0. The van der Waals surface area contributed by atoms with E-state index >= 15 is 0 Å². The van der Waals surface area contributed by atoms with Gasteiger partial charge in [-0.05, 0) is 6.92 Å². The molecular formula is C6H15NO6S. The molecule has 5 N–H and O–H groups in total. The highest BCUT2D eigenvalue weighted by Crippen LogP contribution is 2.16. The SMILES string of the molecule is CC(N)(CO)C(CO)S(=O)(=O)OCO. The lowest BCUT2D eigenvalue weighted by Crippen LogP contribution is -2.56. The highest BCUT2D eigenvalue weighted by Gasteiger charge is 2.40. The van der Waals surface area contributed by atoms with E-state index in [0.29, 0.717) is 0 Å². The van der Waals surface area contributed by atoms with Gasteiger partial charge in [0.05, 0.1) is 18.8 Å². The topological polar surface area (TPSA) is 130 Å². The summed E-state index contributed by atoms with van der Waals surface area (Å²) in [5.74, 6) is 0. The van der Waals surface area contributed by atoms with Gasteiger partial charge in [0.15, 0.2) is 6.79 Å². The molecule has 2 atom stereocenters. The fourth-order valence-corrected chi connectivity index (χ4v) is 2.11. The van der Waals surface area contributed by atoms with Gasteiger partial charge in [0.2, 0.25) is 0 Å². The van der Waals surface area contributed by atoms with Gasteiger partial charge in [0.1, 0.15) is 5.25 Å². The molecule has 7 nitrogen and oxygen atoms in total. The second-order valence-corrected chi connectivity index (χ2v) is 4.87. The Hall–Kier alpha value is -0.250. The largest absolute Gasteiger partial charge is 0.395 e. The molecule has 0 heterocycles. The minimum absolute atomic E-state index is 0.633. The van der Waals surface area contributed by atoms with Crippen LogP contribution < -0.4 is 5.73 Å². The summed E-state index contributed by atoms with van der Waals surface area (Å²) in [6.45, 7) is -1.20. The molecule has 0 amide bonds. The number of aliphatic hydroxyl groups is 3. The van der Waals surface area contributed by atoms with Gasteiger partial charge in [-0.2, -0.15) is 8.42 Å². The summed E-state index contributed by atoms with van der Waals surface area (Å²) < 4.78 is 26.5. The van der Waals surface area contributed by atoms with Crippen LogP contribution in [0.2, 0.25) is 0 Å². The summed E-state index contributed by atoms with van der Waals surface area (Å²) in [4.78, 5) is 0. The fourth-order valence-electron chi connectivity index (χ4n) is 0.887. The highest BCUT2D eigenvalue weighted by molar-refractivity contribution is 7.87. The van der Waals surface area contributed by atoms with E-state index < -0.39 is 40.9 Å². The number of nitrogens with two attached hydrogens (primary N) is 1. The minimum atomic E-state index is -4.18. The van der Waals surface area contributed by atoms with E-state index in [4.69, 9.17) is 21.1 Å². The summed E-state index contributed by atoms with van der Waals surface area (Å²) in [6.07, 6.45) is 0. The Balaban J connectivity index is 4.90. The molecule has 0 saturated heterocycles. The van der Waals surface area contributed by atoms with Crippen molar-refractivity contribution in [2.45, 2.75) is 17.7 Å². The maximum atomic E-state index is 11.2. The molecule has 0 aliphatic rings. The van der Waals surface area contributed by atoms with Crippen molar-refractivity contribution in [1.82, 2.24) is 0 Å². The van der Waals surface area contributed by atoms with Gasteiger partial charge in [0.25, 0.3) is 10.1 Å². The summed E-state index contributed by atoms with van der Waals surface area (Å²) in [5, 5.41) is 24.5. The third-order valence-corrected chi connectivity index (χ3v) is 3.63. The van der Waals surface area contributed by atoms with Gasteiger partial charge < -0.3 is 21.1 Å². The first-order chi connectivity index (χ1) is 6.31. The first kappa shape index (κ1) is 13.8. The van der Waals surface area contributed by atoms with Crippen LogP contribution in [0.15, 0.2) is 0 Å². The summed E-state index contributed by atoms with van der Waals surface area (Å²) in [6, 6.07) is 0. The average molecular weight is 229 g/mol. The van der Waals surface area contributed by atoms with Crippen LogP contribution in [-0.2, 0) is 14.3 Å². The molecule has 14 heavy (non-hydrogen) atoms. The predicted octanol–water partition coefficient (Wildman–Crippen LogP) is -2.65. The van der Waals surface area contributed by atoms with Crippen molar-refractivity contribution in [2.75, 3.05) is 20.0 Å². The molecule has 2 unspecified atom stereocenters. The van der Waals surface area contributed by atoms with Crippen molar-refractivity contribution in [3.8, 4) is 0 Å². The second kappa shape index (κ2) is 5.01. The van der Waals surface area contributed by atoms with Crippen molar-refractivity contribution in [2.24, 2.45) is 5.73 Å². The van der Waals surface area contributed by atoms with E-state index in [2.05, 4.69) is 4.18 Å². The Labute approximate surface area is 82.2 Å². The van der Waals surface area contributed by atoms with Crippen LogP contribution in [0.4, 0.5) is 0 Å². The normalized spacial score (nSPS) is 18.9. The number of hydrogen-bond acceptors (Lipinski definition) is 7. The molecule has 86 valence electrons. The van der Waals surface area contributed by atoms with Crippen LogP contribution >= 0.6 is 0 Å². The van der Waals surface area contributed by atoms with Crippen LogP contribution in [-0.4, -0.2) is 54.5 Å². The van der Waals surface area contributed by atoms with Crippen LogP contribution in [0.1, 0.15) is 6.92 Å². The smallest absolute Gasteiger partial charge is 0.276 e. The number of rotatable bonds is 6. The quantitative estimate of drug-likeness (QED) is 0.289. The molecule has 0 fully saturated rings. The van der Waals surface area contributed by atoms with E-state index in [9.17, 15) is 8.42 Å². The molecule has 8 heteroatoms. The lowest BCUT2D eigenvalue weighted by Gasteiger charge is -2.29. The van der Waals surface area contributed by atoms with E-state index in [-0.39, 0.29) is 0 Å². The molecular weight excluding hydrogens is 214 g/mol. The fraction of sp³-hybridized carbons (Fsp3) is 1.00. The zero-order valence-electron chi connectivity index (χ0n) is 7.75. The maximum absolute atomic E-state index is 11.2. The van der Waals surface area contributed by atoms with Crippen LogP contribution in [0.3, 0.4) is 0 Å². The average Bonchev–Trinajstić information content (AvgIpc) is 2.04. The second-order valence-electron chi connectivity index (χ2n) is 3.07. The zero-order valence-corrected chi connectivity index (χ0v) is 8.57. The standard InChI is InChI=1S/C6H15NO6S/c1-6(7,3-9)5(2-8)14(11,12)13-4-10/h5,8-10H,2-4,7H2,1H3. The summed E-state index contributed by atoms with van der Waals surface area (Å²) in [7, 11) is -4.18. The molecule has 0 rings (SSSR count). The molecule has 0 bridgehead atoms. The Kier molecular flexibility index (Phi) is 4.92. The monoisotopic (exact) mass is 229 g/mol. The predicted molar refractivity (Wildman–Crippen MR) is 47.6 cm³/mol. The van der Waals surface area contributed by atoms with Crippen LogP contribution in [0.25, 0.3) is 0 Å². The third kappa shape index (κ3) is 3.15. The Morgan fingerprint density at radius 2 is 1.93 bits per heavy atom. The molecule has 0 aliphatic carbocycles. The lowest BCUT2D eigenvalue weighted by molar-refractivity contribution is 0.0950. The van der Waals surface area contributed by atoms with Crippen molar-refractivity contribution < 1.29 is 27.9 Å². The van der Waals surface area contributed by atoms with Crippen LogP contribution in [0.5, 0.6) is 0 Å².